The lowest BCUT2D eigenvalue weighted by atomic mass is 10.0. The van der Waals surface area contributed by atoms with Gasteiger partial charge in [0.05, 0.1) is 18.2 Å². The van der Waals surface area contributed by atoms with Crippen molar-refractivity contribution in [1.82, 2.24) is 10.2 Å². The first-order valence-electron chi connectivity index (χ1n) is 9.75. The molecular formula is C22H24BrN3O2. The number of nitrogens with one attached hydrogen (secondary N) is 1. The predicted molar refractivity (Wildman–Crippen MR) is 113 cm³/mol. The van der Waals surface area contributed by atoms with E-state index < -0.39 is 6.04 Å². The maximum atomic E-state index is 12.8. The van der Waals surface area contributed by atoms with E-state index in [9.17, 15) is 9.59 Å². The van der Waals surface area contributed by atoms with Gasteiger partial charge >= 0.3 is 0 Å². The van der Waals surface area contributed by atoms with Gasteiger partial charge < -0.3 is 5.32 Å². The van der Waals surface area contributed by atoms with Crippen LogP contribution in [-0.2, 0) is 16.1 Å². The Hall–Kier alpha value is -2.02. The van der Waals surface area contributed by atoms with E-state index >= 15 is 0 Å². The minimum Gasteiger partial charge on any atom is -0.303 e. The molecule has 146 valence electrons. The SMILES string of the molecule is O=C1C[C@H](NC2CCN(Cc3ccccc3)CC2)C(=O)N1c1ccc(Br)cc1. The maximum Gasteiger partial charge on any atom is 0.251 e. The minimum absolute atomic E-state index is 0.133. The Morgan fingerprint density at radius 2 is 1.64 bits per heavy atom. The Labute approximate surface area is 173 Å². The van der Waals surface area contributed by atoms with Gasteiger partial charge in [-0.2, -0.15) is 0 Å². The topological polar surface area (TPSA) is 52.7 Å². The molecule has 0 saturated carbocycles. The van der Waals surface area contributed by atoms with Gasteiger partial charge in [-0.1, -0.05) is 46.3 Å². The van der Waals surface area contributed by atoms with Crippen LogP contribution in [0.3, 0.4) is 0 Å². The fourth-order valence-electron chi connectivity index (χ4n) is 4.01. The van der Waals surface area contributed by atoms with Crippen molar-refractivity contribution in [3.8, 4) is 0 Å². The number of nitrogens with zero attached hydrogens (tertiary/aromatic N) is 2. The van der Waals surface area contributed by atoms with Crippen molar-refractivity contribution in [1.29, 1.82) is 0 Å². The Bertz CT molecular complexity index is 833. The third-order valence-electron chi connectivity index (χ3n) is 5.50. The Morgan fingerprint density at radius 1 is 0.964 bits per heavy atom. The molecule has 2 aliphatic heterocycles. The molecule has 0 unspecified atom stereocenters. The molecule has 0 radical (unpaired) electrons. The number of carbonyl (C=O) groups excluding carboxylic acids is 2. The summed E-state index contributed by atoms with van der Waals surface area (Å²) in [4.78, 5) is 29.0. The molecule has 6 heteroatoms. The summed E-state index contributed by atoms with van der Waals surface area (Å²) in [7, 11) is 0. The summed E-state index contributed by atoms with van der Waals surface area (Å²) in [6, 6.07) is 17.6. The molecule has 1 atom stereocenters. The minimum atomic E-state index is -0.415. The Balaban J connectivity index is 1.31. The van der Waals surface area contributed by atoms with Crippen molar-refractivity contribution in [2.75, 3.05) is 18.0 Å². The van der Waals surface area contributed by atoms with Gasteiger partial charge in [0.1, 0.15) is 0 Å². The standard InChI is InChI=1S/C22H24BrN3O2/c23-17-6-8-19(9-7-17)26-21(27)14-20(22(26)28)24-18-10-12-25(13-11-18)15-16-4-2-1-3-5-16/h1-9,18,20,24H,10-15H2/t20-/m0/s1. The Morgan fingerprint density at radius 3 is 2.32 bits per heavy atom. The first kappa shape index (κ1) is 19.3. The van der Waals surface area contributed by atoms with Crippen LogP contribution in [0.4, 0.5) is 5.69 Å². The van der Waals surface area contributed by atoms with Gasteiger partial charge in [0.15, 0.2) is 0 Å². The van der Waals surface area contributed by atoms with Crippen LogP contribution in [-0.4, -0.2) is 41.9 Å². The number of imide groups is 1. The number of carbonyl (C=O) groups is 2. The molecule has 1 N–H and O–H groups in total. The lowest BCUT2D eigenvalue weighted by Crippen LogP contribution is -2.48. The van der Waals surface area contributed by atoms with E-state index in [0.717, 1.165) is 36.9 Å². The zero-order valence-corrected chi connectivity index (χ0v) is 17.3. The molecule has 0 spiro atoms. The van der Waals surface area contributed by atoms with Crippen LogP contribution in [0.1, 0.15) is 24.8 Å². The molecule has 2 aromatic carbocycles. The predicted octanol–water partition coefficient (Wildman–Crippen LogP) is 3.34. The first-order chi connectivity index (χ1) is 13.6. The van der Waals surface area contributed by atoms with Crippen LogP contribution in [0, 0.1) is 0 Å². The molecular weight excluding hydrogens is 418 g/mol. The van der Waals surface area contributed by atoms with E-state index in [1.165, 1.54) is 10.5 Å². The number of benzene rings is 2. The average molecular weight is 442 g/mol. The molecule has 2 heterocycles. The van der Waals surface area contributed by atoms with Crippen molar-refractivity contribution in [2.45, 2.75) is 37.9 Å². The summed E-state index contributed by atoms with van der Waals surface area (Å²) in [6.45, 7) is 2.96. The lowest BCUT2D eigenvalue weighted by molar-refractivity contribution is -0.121. The lowest BCUT2D eigenvalue weighted by Gasteiger charge is -2.33. The second-order valence-corrected chi connectivity index (χ2v) is 8.42. The molecule has 2 aliphatic rings. The van der Waals surface area contributed by atoms with Crippen LogP contribution in [0.25, 0.3) is 0 Å². The third kappa shape index (κ3) is 4.35. The number of halogens is 1. The van der Waals surface area contributed by atoms with E-state index in [4.69, 9.17) is 0 Å². The van der Waals surface area contributed by atoms with E-state index in [-0.39, 0.29) is 24.3 Å². The summed E-state index contributed by atoms with van der Waals surface area (Å²) in [5.74, 6) is -0.273. The zero-order chi connectivity index (χ0) is 19.5. The van der Waals surface area contributed by atoms with Crippen molar-refractivity contribution >= 4 is 33.4 Å². The van der Waals surface area contributed by atoms with Gasteiger partial charge in [-0.25, -0.2) is 4.90 Å². The average Bonchev–Trinajstić information content (AvgIpc) is 2.98. The van der Waals surface area contributed by atoms with Crippen molar-refractivity contribution in [3.05, 3.63) is 64.6 Å². The van der Waals surface area contributed by atoms with Crippen molar-refractivity contribution in [3.63, 3.8) is 0 Å². The van der Waals surface area contributed by atoms with Gasteiger partial charge in [0.2, 0.25) is 5.91 Å². The summed E-state index contributed by atoms with van der Waals surface area (Å²) in [6.07, 6.45) is 2.21. The molecule has 28 heavy (non-hydrogen) atoms. The van der Waals surface area contributed by atoms with Crippen LogP contribution in [0.15, 0.2) is 59.1 Å². The van der Waals surface area contributed by atoms with Crippen LogP contribution >= 0.6 is 15.9 Å². The fraction of sp³-hybridized carbons (Fsp3) is 0.364. The summed E-state index contributed by atoms with van der Waals surface area (Å²) in [5.41, 5.74) is 1.97. The normalized spacial score (nSPS) is 21.5. The van der Waals surface area contributed by atoms with Crippen LogP contribution < -0.4 is 10.2 Å². The summed E-state index contributed by atoms with van der Waals surface area (Å²) < 4.78 is 0.923. The second-order valence-electron chi connectivity index (χ2n) is 7.50. The Kier molecular flexibility index (Phi) is 5.90. The fourth-order valence-corrected chi connectivity index (χ4v) is 4.27. The monoisotopic (exact) mass is 441 g/mol. The number of amides is 2. The molecule has 2 amide bonds. The highest BCUT2D eigenvalue weighted by molar-refractivity contribution is 9.10. The van der Waals surface area contributed by atoms with Gasteiger partial charge in [0.25, 0.3) is 5.91 Å². The van der Waals surface area contributed by atoms with Crippen LogP contribution in [0.5, 0.6) is 0 Å². The molecule has 2 fully saturated rings. The van der Waals surface area contributed by atoms with Crippen LogP contribution in [0.2, 0.25) is 0 Å². The highest BCUT2D eigenvalue weighted by Crippen LogP contribution is 2.25. The molecule has 2 aromatic rings. The number of hydrogen-bond acceptors (Lipinski definition) is 4. The van der Waals surface area contributed by atoms with Gasteiger partial charge in [-0.05, 0) is 55.8 Å². The highest BCUT2D eigenvalue weighted by Gasteiger charge is 2.40. The van der Waals surface area contributed by atoms with E-state index in [0.29, 0.717) is 5.69 Å². The van der Waals surface area contributed by atoms with Gasteiger partial charge in [0, 0.05) is 17.1 Å². The van der Waals surface area contributed by atoms with Crippen molar-refractivity contribution in [2.24, 2.45) is 0 Å². The number of likely N-dealkylation sites (tertiary alicyclic amines) is 1. The smallest absolute Gasteiger partial charge is 0.251 e. The first-order valence-corrected chi connectivity index (χ1v) is 10.5. The largest absolute Gasteiger partial charge is 0.303 e. The molecule has 5 nitrogen and oxygen atoms in total. The maximum absolute atomic E-state index is 12.8. The van der Waals surface area contributed by atoms with Gasteiger partial charge in [-0.15, -0.1) is 0 Å². The van der Waals surface area contributed by atoms with E-state index in [2.05, 4.69) is 50.4 Å². The second kappa shape index (κ2) is 8.55. The number of piperidine rings is 1. The molecule has 2 saturated heterocycles. The molecule has 0 bridgehead atoms. The van der Waals surface area contributed by atoms with Gasteiger partial charge in [-0.3, -0.25) is 14.5 Å². The quantitative estimate of drug-likeness (QED) is 0.722. The molecule has 0 aliphatic carbocycles. The number of rotatable bonds is 5. The van der Waals surface area contributed by atoms with E-state index in [1.54, 1.807) is 12.1 Å². The number of anilines is 1. The van der Waals surface area contributed by atoms with Crippen molar-refractivity contribution < 1.29 is 9.59 Å². The zero-order valence-electron chi connectivity index (χ0n) is 15.7. The number of hydrogen-bond donors (Lipinski definition) is 1. The summed E-state index contributed by atoms with van der Waals surface area (Å²) in [5, 5.41) is 3.45. The summed E-state index contributed by atoms with van der Waals surface area (Å²) >= 11 is 3.38. The molecule has 4 rings (SSSR count). The van der Waals surface area contributed by atoms with E-state index in [1.807, 2.05) is 18.2 Å². The third-order valence-corrected chi connectivity index (χ3v) is 6.03. The highest BCUT2D eigenvalue weighted by atomic mass is 79.9. The molecule has 0 aromatic heterocycles.